The van der Waals surface area contributed by atoms with E-state index in [9.17, 15) is 0 Å². The first-order chi connectivity index (χ1) is 17.5. The van der Waals surface area contributed by atoms with E-state index in [0.717, 1.165) is 49.4 Å². The predicted molar refractivity (Wildman–Crippen MR) is 154 cm³/mol. The molecule has 1 aromatic heterocycles. The van der Waals surface area contributed by atoms with Crippen LogP contribution in [0, 0.1) is 0 Å². The number of piperazine rings is 1. The first-order valence-electron chi connectivity index (χ1n) is 13.0. The van der Waals surface area contributed by atoms with E-state index in [4.69, 9.17) is 9.72 Å². The minimum absolute atomic E-state index is 0.0685. The van der Waals surface area contributed by atoms with Gasteiger partial charge in [0.25, 0.3) is 0 Å². The maximum Gasteiger partial charge on any atom is 0.227 e. The minimum atomic E-state index is -0.0838. The zero-order valence-corrected chi connectivity index (χ0v) is 23.7. The molecule has 2 heterocycles. The zero-order chi connectivity index (χ0) is 26.8. The number of benzene rings is 2. The van der Waals surface area contributed by atoms with E-state index in [2.05, 4.69) is 104 Å². The van der Waals surface area contributed by atoms with E-state index in [1.807, 2.05) is 24.4 Å². The highest BCUT2D eigenvalue weighted by molar-refractivity contribution is 5.63. The van der Waals surface area contributed by atoms with Crippen molar-refractivity contribution in [3.8, 4) is 5.75 Å². The maximum atomic E-state index is 5.33. The summed E-state index contributed by atoms with van der Waals surface area (Å²) in [5.41, 5.74) is 4.82. The van der Waals surface area contributed by atoms with Gasteiger partial charge in [-0.05, 0) is 80.9 Å². The molecule has 0 saturated carbocycles. The lowest BCUT2D eigenvalue weighted by molar-refractivity contribution is 0.403. The molecule has 1 aliphatic heterocycles. The van der Waals surface area contributed by atoms with E-state index in [1.165, 1.54) is 16.8 Å². The Morgan fingerprint density at radius 1 is 1.03 bits per heavy atom. The number of nitrogens with zero attached hydrogens (tertiary/aromatic N) is 5. The fraction of sp³-hybridized carbons (Fsp3) is 0.467. The molecule has 1 fully saturated rings. The molecular weight excluding hydrogens is 460 g/mol. The summed E-state index contributed by atoms with van der Waals surface area (Å²) in [5.74, 6) is 2.44. The summed E-state index contributed by atoms with van der Waals surface area (Å²) in [6.45, 7) is 14.7. The molecule has 4 rings (SSSR count). The predicted octanol–water partition coefficient (Wildman–Crippen LogP) is 5.69. The van der Waals surface area contributed by atoms with Gasteiger partial charge in [0, 0.05) is 43.8 Å². The van der Waals surface area contributed by atoms with Crippen molar-refractivity contribution in [2.45, 2.75) is 52.1 Å². The van der Waals surface area contributed by atoms with Crippen LogP contribution in [0.2, 0.25) is 0 Å². The number of methoxy groups -OCH3 is 1. The van der Waals surface area contributed by atoms with Crippen LogP contribution in [0.3, 0.4) is 0 Å². The van der Waals surface area contributed by atoms with Crippen molar-refractivity contribution in [1.29, 1.82) is 0 Å². The van der Waals surface area contributed by atoms with Crippen LogP contribution in [0.5, 0.6) is 5.75 Å². The average Bonchev–Trinajstić information content (AvgIpc) is 2.84. The highest BCUT2D eigenvalue weighted by atomic mass is 16.5. The van der Waals surface area contributed by atoms with Gasteiger partial charge in [-0.3, -0.25) is 0 Å². The van der Waals surface area contributed by atoms with Crippen LogP contribution in [0.4, 0.5) is 23.1 Å². The molecule has 1 N–H and O–H groups in total. The van der Waals surface area contributed by atoms with Gasteiger partial charge >= 0.3 is 0 Å². The van der Waals surface area contributed by atoms with E-state index in [1.54, 1.807) is 7.11 Å². The first kappa shape index (κ1) is 26.7. The normalized spacial score (nSPS) is 15.7. The Kier molecular flexibility index (Phi) is 7.64. The molecule has 7 nitrogen and oxygen atoms in total. The van der Waals surface area contributed by atoms with Crippen molar-refractivity contribution in [1.82, 2.24) is 14.9 Å². The summed E-state index contributed by atoms with van der Waals surface area (Å²) in [4.78, 5) is 16.5. The summed E-state index contributed by atoms with van der Waals surface area (Å²) in [7, 11) is 5.89. The Morgan fingerprint density at radius 2 is 1.76 bits per heavy atom. The number of anilines is 4. The van der Waals surface area contributed by atoms with Gasteiger partial charge in [-0.1, -0.05) is 32.9 Å². The fourth-order valence-electron chi connectivity index (χ4n) is 4.91. The van der Waals surface area contributed by atoms with Gasteiger partial charge in [-0.25, -0.2) is 4.98 Å². The van der Waals surface area contributed by atoms with E-state index in [-0.39, 0.29) is 11.0 Å². The van der Waals surface area contributed by atoms with Crippen LogP contribution >= 0.6 is 0 Å². The molecule has 1 aliphatic rings. The number of hydrogen-bond donors (Lipinski definition) is 1. The number of ether oxygens (including phenoxy) is 1. The molecule has 2 aromatic carbocycles. The lowest BCUT2D eigenvalue weighted by Gasteiger charge is -2.48. The van der Waals surface area contributed by atoms with Gasteiger partial charge in [-0.2, -0.15) is 4.98 Å². The van der Waals surface area contributed by atoms with Gasteiger partial charge in [0.2, 0.25) is 5.95 Å². The van der Waals surface area contributed by atoms with E-state index < -0.39 is 0 Å². The first-order valence-corrected chi connectivity index (χ1v) is 13.0. The van der Waals surface area contributed by atoms with Gasteiger partial charge in [0.1, 0.15) is 11.6 Å². The highest BCUT2D eigenvalue weighted by Gasteiger charge is 2.35. The molecule has 7 heteroatoms. The van der Waals surface area contributed by atoms with Crippen LogP contribution in [0.1, 0.15) is 45.7 Å². The second-order valence-electron chi connectivity index (χ2n) is 11.8. The highest BCUT2D eigenvalue weighted by Crippen LogP contribution is 2.32. The lowest BCUT2D eigenvalue weighted by atomic mass is 9.86. The molecule has 37 heavy (non-hydrogen) atoms. The second-order valence-corrected chi connectivity index (χ2v) is 11.8. The van der Waals surface area contributed by atoms with Crippen molar-refractivity contribution < 1.29 is 4.74 Å². The second kappa shape index (κ2) is 10.6. The van der Waals surface area contributed by atoms with E-state index in [0.29, 0.717) is 0 Å². The molecule has 0 unspecified atom stereocenters. The molecule has 0 spiro atoms. The summed E-state index contributed by atoms with van der Waals surface area (Å²) in [6.07, 6.45) is 1.85. The van der Waals surface area contributed by atoms with Crippen LogP contribution < -0.4 is 19.9 Å². The van der Waals surface area contributed by atoms with E-state index >= 15 is 0 Å². The zero-order valence-electron chi connectivity index (χ0n) is 23.7. The SMILES string of the molecule is COc1ccc(N2CCN(c3nccc(Nc4cc(C(C)(C)C)ccc4CN(C)C)n3)CC2(C)C)cc1. The molecule has 1 saturated heterocycles. The molecule has 0 atom stereocenters. The molecule has 0 aliphatic carbocycles. The maximum absolute atomic E-state index is 5.33. The van der Waals surface area contributed by atoms with Gasteiger partial charge in [0.05, 0.1) is 12.6 Å². The monoisotopic (exact) mass is 502 g/mol. The third-order valence-corrected chi connectivity index (χ3v) is 6.94. The summed E-state index contributed by atoms with van der Waals surface area (Å²) in [5, 5.41) is 3.61. The van der Waals surface area contributed by atoms with Crippen molar-refractivity contribution >= 4 is 23.1 Å². The fourth-order valence-corrected chi connectivity index (χ4v) is 4.91. The Balaban J connectivity index is 1.54. The topological polar surface area (TPSA) is 56.8 Å². The smallest absolute Gasteiger partial charge is 0.227 e. The number of nitrogens with one attached hydrogen (secondary N) is 1. The molecular formula is C30H42N6O. The van der Waals surface area contributed by atoms with Gasteiger partial charge in [-0.15, -0.1) is 0 Å². The van der Waals surface area contributed by atoms with Crippen molar-refractivity contribution in [2.75, 3.05) is 56.0 Å². The quantitative estimate of drug-likeness (QED) is 0.445. The van der Waals surface area contributed by atoms with Crippen molar-refractivity contribution in [3.05, 3.63) is 65.9 Å². The standard InChI is InChI=1S/C30H42N6O/c1-29(2,3)23-10-9-22(20-34(6)7)26(19-23)32-27-15-16-31-28(33-27)35-17-18-36(30(4,5)21-35)24-11-13-25(37-8)14-12-24/h9-16,19H,17-18,20-21H2,1-8H3,(H,31,32,33). The molecule has 198 valence electrons. The van der Waals surface area contributed by atoms with Gasteiger partial charge in [0.15, 0.2) is 0 Å². The van der Waals surface area contributed by atoms with Crippen LogP contribution in [-0.2, 0) is 12.0 Å². The third kappa shape index (κ3) is 6.34. The third-order valence-electron chi connectivity index (χ3n) is 6.94. The summed E-state index contributed by atoms with van der Waals surface area (Å²) >= 11 is 0. The van der Waals surface area contributed by atoms with Crippen molar-refractivity contribution in [2.24, 2.45) is 0 Å². The Labute approximate surface area is 222 Å². The molecule has 3 aromatic rings. The Morgan fingerprint density at radius 3 is 2.38 bits per heavy atom. The lowest BCUT2D eigenvalue weighted by Crippen LogP contribution is -2.60. The number of rotatable bonds is 7. The number of hydrogen-bond acceptors (Lipinski definition) is 7. The summed E-state index contributed by atoms with van der Waals surface area (Å²) < 4.78 is 5.33. The van der Waals surface area contributed by atoms with Crippen LogP contribution in [0.25, 0.3) is 0 Å². The number of aromatic nitrogens is 2. The molecule has 0 bridgehead atoms. The summed E-state index contributed by atoms with van der Waals surface area (Å²) in [6, 6.07) is 17.0. The molecule has 0 radical (unpaired) electrons. The largest absolute Gasteiger partial charge is 0.497 e. The van der Waals surface area contributed by atoms with Gasteiger partial charge < -0.3 is 24.8 Å². The Bertz CT molecular complexity index is 1200. The Hall–Kier alpha value is -3.32. The minimum Gasteiger partial charge on any atom is -0.497 e. The average molecular weight is 503 g/mol. The van der Waals surface area contributed by atoms with Crippen LogP contribution in [-0.4, -0.2) is 61.2 Å². The molecule has 0 amide bonds. The van der Waals surface area contributed by atoms with Crippen molar-refractivity contribution in [3.63, 3.8) is 0 Å². The van der Waals surface area contributed by atoms with Crippen LogP contribution in [0.15, 0.2) is 54.7 Å².